The van der Waals surface area contributed by atoms with Crippen LogP contribution in [0.25, 0.3) is 0 Å². The fraction of sp³-hybridized carbons (Fsp3) is 0.188. The second kappa shape index (κ2) is 10.6. The minimum Gasteiger partial charge on any atom is -0.342 e. The van der Waals surface area contributed by atoms with Gasteiger partial charge >= 0.3 is 0 Å². The second-order valence-electron chi connectivity index (χ2n) is 9.24. The molecule has 0 aromatic heterocycles. The molecule has 1 aliphatic heterocycles. The quantitative estimate of drug-likeness (QED) is 0.370. The Labute approximate surface area is 212 Å². The van der Waals surface area contributed by atoms with Crippen molar-refractivity contribution in [3.8, 4) is 0 Å². The van der Waals surface area contributed by atoms with Crippen LogP contribution in [0.1, 0.15) is 45.8 Å². The summed E-state index contributed by atoms with van der Waals surface area (Å²) in [5.41, 5.74) is 2.02. The summed E-state index contributed by atoms with van der Waals surface area (Å²) in [4.78, 5) is 30.2. The molecule has 1 heterocycles. The molecule has 5 rings (SSSR count). The summed E-state index contributed by atoms with van der Waals surface area (Å²) in [5, 5.41) is 3.40. The Hall–Kier alpha value is -4.18. The Bertz CT molecular complexity index is 1250. The maximum absolute atomic E-state index is 14.4. The normalized spacial score (nSPS) is 14.3. The Morgan fingerprint density at radius 3 is 1.58 bits per heavy atom. The molecule has 4 aromatic rings. The lowest BCUT2D eigenvalue weighted by Gasteiger charge is -2.43. The van der Waals surface area contributed by atoms with E-state index in [0.717, 1.165) is 42.6 Å². The van der Waals surface area contributed by atoms with Gasteiger partial charge in [0.15, 0.2) is 0 Å². The molecule has 1 aliphatic rings. The van der Waals surface area contributed by atoms with Gasteiger partial charge in [0.05, 0.1) is 5.92 Å². The van der Waals surface area contributed by atoms with Crippen molar-refractivity contribution in [3.05, 3.63) is 144 Å². The van der Waals surface area contributed by atoms with E-state index in [4.69, 9.17) is 0 Å². The van der Waals surface area contributed by atoms with Crippen LogP contribution in [0.4, 0.5) is 0 Å². The molecule has 0 saturated carbocycles. The number of benzene rings is 4. The highest BCUT2D eigenvalue weighted by atomic mass is 16.2. The Balaban J connectivity index is 1.78. The lowest BCUT2D eigenvalue weighted by Crippen LogP contribution is -2.55. The SMILES string of the molecule is O=C(NC(c1ccccc1)(c1ccccc1)C(C(=O)N1CCCC1)c1ccccc1)c1ccccc1. The zero-order valence-electron chi connectivity index (χ0n) is 20.2. The van der Waals surface area contributed by atoms with E-state index in [0.29, 0.717) is 5.56 Å². The van der Waals surface area contributed by atoms with Gasteiger partial charge in [0, 0.05) is 18.7 Å². The third-order valence-corrected chi connectivity index (χ3v) is 7.04. The molecule has 1 saturated heterocycles. The highest BCUT2D eigenvalue weighted by Crippen LogP contribution is 2.44. The lowest BCUT2D eigenvalue weighted by molar-refractivity contribution is -0.133. The molecule has 4 aromatic carbocycles. The van der Waals surface area contributed by atoms with Crippen molar-refractivity contribution in [2.75, 3.05) is 13.1 Å². The number of hydrogen-bond acceptors (Lipinski definition) is 2. The predicted octanol–water partition coefficient (Wildman–Crippen LogP) is 5.77. The molecule has 0 bridgehead atoms. The molecule has 2 amide bonds. The van der Waals surface area contributed by atoms with Gasteiger partial charge in [0.25, 0.3) is 5.91 Å². The van der Waals surface area contributed by atoms with Crippen LogP contribution >= 0.6 is 0 Å². The van der Waals surface area contributed by atoms with Crippen molar-refractivity contribution in [3.63, 3.8) is 0 Å². The van der Waals surface area contributed by atoms with Crippen LogP contribution in [0.15, 0.2) is 121 Å². The third-order valence-electron chi connectivity index (χ3n) is 7.04. The highest BCUT2D eigenvalue weighted by Gasteiger charge is 2.49. The van der Waals surface area contributed by atoms with E-state index in [1.54, 1.807) is 12.1 Å². The molecule has 0 aliphatic carbocycles. The van der Waals surface area contributed by atoms with E-state index in [-0.39, 0.29) is 11.8 Å². The summed E-state index contributed by atoms with van der Waals surface area (Å²) in [6.07, 6.45) is 1.99. The molecule has 4 heteroatoms. The smallest absolute Gasteiger partial charge is 0.252 e. The van der Waals surface area contributed by atoms with E-state index < -0.39 is 11.5 Å². The molecule has 1 fully saturated rings. The molecule has 1 atom stereocenters. The Morgan fingerprint density at radius 2 is 1.08 bits per heavy atom. The minimum absolute atomic E-state index is 0.0276. The fourth-order valence-corrected chi connectivity index (χ4v) is 5.30. The predicted molar refractivity (Wildman–Crippen MR) is 143 cm³/mol. The van der Waals surface area contributed by atoms with Crippen LogP contribution in [0.5, 0.6) is 0 Å². The number of rotatable bonds is 7. The second-order valence-corrected chi connectivity index (χ2v) is 9.24. The minimum atomic E-state index is -1.13. The first kappa shape index (κ1) is 23.6. The standard InChI is InChI=1S/C32H30N2O2/c35-30(26-17-7-2-8-18-26)33-32(27-19-9-3-10-20-27,28-21-11-4-12-22-28)29(25-15-5-1-6-16-25)31(36)34-23-13-14-24-34/h1-12,15-22,29H,13-14,23-24H2,(H,33,35). The van der Waals surface area contributed by atoms with Crippen molar-refractivity contribution in [2.45, 2.75) is 24.3 Å². The summed E-state index contributed by atoms with van der Waals surface area (Å²) in [7, 11) is 0. The first-order chi connectivity index (χ1) is 17.7. The molecule has 1 unspecified atom stereocenters. The van der Waals surface area contributed by atoms with Gasteiger partial charge in [0.2, 0.25) is 5.91 Å². The number of amides is 2. The molecule has 1 N–H and O–H groups in total. The maximum Gasteiger partial charge on any atom is 0.252 e. The number of hydrogen-bond donors (Lipinski definition) is 1. The van der Waals surface area contributed by atoms with Crippen LogP contribution in [-0.2, 0) is 10.3 Å². The van der Waals surface area contributed by atoms with Gasteiger partial charge in [-0.2, -0.15) is 0 Å². The monoisotopic (exact) mass is 474 g/mol. The van der Waals surface area contributed by atoms with Gasteiger partial charge in [0.1, 0.15) is 5.54 Å². The molecule has 0 radical (unpaired) electrons. The zero-order valence-corrected chi connectivity index (χ0v) is 20.2. The van der Waals surface area contributed by atoms with Gasteiger partial charge in [-0.25, -0.2) is 0 Å². The summed E-state index contributed by atoms with van der Waals surface area (Å²) < 4.78 is 0. The van der Waals surface area contributed by atoms with Gasteiger partial charge in [-0.05, 0) is 41.7 Å². The largest absolute Gasteiger partial charge is 0.342 e. The highest BCUT2D eigenvalue weighted by molar-refractivity contribution is 5.97. The molecule has 4 nitrogen and oxygen atoms in total. The van der Waals surface area contributed by atoms with Gasteiger partial charge < -0.3 is 10.2 Å². The van der Waals surface area contributed by atoms with Gasteiger partial charge in [-0.1, -0.05) is 109 Å². The number of carbonyl (C=O) groups excluding carboxylic acids is 2. The van der Waals surface area contributed by atoms with E-state index in [2.05, 4.69) is 5.32 Å². The summed E-state index contributed by atoms with van der Waals surface area (Å²) in [6, 6.07) is 38.8. The molecular weight excluding hydrogens is 444 g/mol. The van der Waals surface area contributed by atoms with E-state index in [1.165, 1.54) is 0 Å². The molecule has 0 spiro atoms. The number of nitrogens with zero attached hydrogens (tertiary/aromatic N) is 1. The van der Waals surface area contributed by atoms with Crippen LogP contribution in [-0.4, -0.2) is 29.8 Å². The van der Waals surface area contributed by atoms with E-state index in [1.807, 2.05) is 114 Å². The van der Waals surface area contributed by atoms with Gasteiger partial charge in [-0.3, -0.25) is 9.59 Å². The maximum atomic E-state index is 14.4. The summed E-state index contributed by atoms with van der Waals surface area (Å²) >= 11 is 0. The van der Waals surface area contributed by atoms with Crippen LogP contribution < -0.4 is 5.32 Å². The first-order valence-corrected chi connectivity index (χ1v) is 12.5. The number of nitrogens with one attached hydrogen (secondary N) is 1. The zero-order chi connectivity index (χ0) is 24.8. The first-order valence-electron chi connectivity index (χ1n) is 12.5. The topological polar surface area (TPSA) is 49.4 Å². The van der Waals surface area contributed by atoms with Crippen LogP contribution in [0.2, 0.25) is 0 Å². The van der Waals surface area contributed by atoms with E-state index in [9.17, 15) is 9.59 Å². The average Bonchev–Trinajstić information content (AvgIpc) is 3.50. The van der Waals surface area contributed by atoms with Crippen molar-refractivity contribution in [1.82, 2.24) is 10.2 Å². The molecule has 36 heavy (non-hydrogen) atoms. The Kier molecular flexibility index (Phi) is 6.94. The van der Waals surface area contributed by atoms with Crippen molar-refractivity contribution in [2.24, 2.45) is 0 Å². The number of carbonyl (C=O) groups is 2. The lowest BCUT2D eigenvalue weighted by atomic mass is 9.69. The third kappa shape index (κ3) is 4.55. The van der Waals surface area contributed by atoms with Gasteiger partial charge in [-0.15, -0.1) is 0 Å². The van der Waals surface area contributed by atoms with Crippen molar-refractivity contribution < 1.29 is 9.59 Å². The summed E-state index contributed by atoms with van der Waals surface area (Å²) in [6.45, 7) is 1.46. The van der Waals surface area contributed by atoms with E-state index >= 15 is 0 Å². The fourth-order valence-electron chi connectivity index (χ4n) is 5.30. The van der Waals surface area contributed by atoms with Crippen LogP contribution in [0, 0.1) is 0 Å². The number of likely N-dealkylation sites (tertiary alicyclic amines) is 1. The average molecular weight is 475 g/mol. The summed E-state index contributed by atoms with van der Waals surface area (Å²) in [5.74, 6) is -0.854. The Morgan fingerprint density at radius 1 is 0.639 bits per heavy atom. The van der Waals surface area contributed by atoms with Crippen molar-refractivity contribution in [1.29, 1.82) is 0 Å². The molecule has 180 valence electrons. The molecular formula is C32H30N2O2. The van der Waals surface area contributed by atoms with Crippen molar-refractivity contribution >= 4 is 11.8 Å². The van der Waals surface area contributed by atoms with Crippen LogP contribution in [0.3, 0.4) is 0 Å².